The minimum Gasteiger partial charge on any atom is -0.396 e. The third-order valence-electron chi connectivity index (χ3n) is 1.48. The number of aromatic nitrogens is 4. The van der Waals surface area contributed by atoms with E-state index in [1.54, 1.807) is 24.3 Å². The third kappa shape index (κ3) is 3.28. The van der Waals surface area contributed by atoms with Gasteiger partial charge in [0.15, 0.2) is 5.82 Å². The molecule has 78 valence electrons. The molecule has 6 heteroatoms. The normalized spacial score (nSPS) is 11.9. The number of allylic oxidation sites excluding steroid dienone is 4. The SMILES string of the molecule is C=C/C=C\C=C(/N)c1nnc(CN)nn1. The zero-order valence-corrected chi connectivity index (χ0v) is 8.17. The van der Waals surface area contributed by atoms with Gasteiger partial charge in [0.2, 0.25) is 5.82 Å². The Balaban J connectivity index is 2.82. The standard InChI is InChI=1S/C9H12N6/c1-2-3-4-5-7(11)9-14-12-8(6-10)13-15-9/h2-5H,1,6,10-11H2/b4-3-,7-5-. The van der Waals surface area contributed by atoms with Crippen LogP contribution < -0.4 is 11.5 Å². The minimum absolute atomic E-state index is 0.209. The van der Waals surface area contributed by atoms with Crippen molar-refractivity contribution in [3.63, 3.8) is 0 Å². The summed E-state index contributed by atoms with van der Waals surface area (Å²) in [6, 6.07) is 0. The largest absolute Gasteiger partial charge is 0.396 e. The quantitative estimate of drug-likeness (QED) is 0.656. The van der Waals surface area contributed by atoms with Gasteiger partial charge in [0, 0.05) is 0 Å². The van der Waals surface area contributed by atoms with E-state index in [4.69, 9.17) is 11.5 Å². The monoisotopic (exact) mass is 204 g/mol. The summed E-state index contributed by atoms with van der Waals surface area (Å²) in [6.07, 6.45) is 6.74. The fourth-order valence-electron chi connectivity index (χ4n) is 0.760. The molecule has 0 aliphatic carbocycles. The van der Waals surface area contributed by atoms with Crippen molar-refractivity contribution >= 4 is 5.70 Å². The van der Waals surface area contributed by atoms with Gasteiger partial charge in [0.25, 0.3) is 0 Å². The van der Waals surface area contributed by atoms with Gasteiger partial charge in [-0.3, -0.25) is 0 Å². The molecule has 0 aliphatic heterocycles. The first-order valence-electron chi connectivity index (χ1n) is 4.29. The van der Waals surface area contributed by atoms with Gasteiger partial charge in [0.1, 0.15) is 0 Å². The predicted molar refractivity (Wildman–Crippen MR) is 57.0 cm³/mol. The second-order valence-corrected chi connectivity index (χ2v) is 2.59. The van der Waals surface area contributed by atoms with E-state index in [9.17, 15) is 0 Å². The highest BCUT2D eigenvalue weighted by molar-refractivity contribution is 5.57. The first-order chi connectivity index (χ1) is 7.27. The molecule has 0 bridgehead atoms. The highest BCUT2D eigenvalue weighted by Gasteiger charge is 2.01. The molecule has 0 atom stereocenters. The maximum absolute atomic E-state index is 5.67. The van der Waals surface area contributed by atoms with E-state index in [1.807, 2.05) is 0 Å². The number of hydrogen-bond donors (Lipinski definition) is 2. The average molecular weight is 204 g/mol. The van der Waals surface area contributed by atoms with Crippen molar-refractivity contribution in [1.29, 1.82) is 0 Å². The highest BCUT2D eigenvalue weighted by atomic mass is 15.3. The van der Waals surface area contributed by atoms with Crippen LogP contribution in [0.3, 0.4) is 0 Å². The zero-order chi connectivity index (χ0) is 11.1. The lowest BCUT2D eigenvalue weighted by atomic mass is 10.3. The van der Waals surface area contributed by atoms with Gasteiger partial charge in [-0.2, -0.15) is 0 Å². The lowest BCUT2D eigenvalue weighted by molar-refractivity contribution is 0.743. The first kappa shape index (κ1) is 11.0. The minimum atomic E-state index is 0.209. The van der Waals surface area contributed by atoms with Gasteiger partial charge in [-0.25, -0.2) is 0 Å². The molecule has 1 aromatic rings. The second-order valence-electron chi connectivity index (χ2n) is 2.59. The lowest BCUT2D eigenvalue weighted by Gasteiger charge is -1.96. The Morgan fingerprint density at radius 3 is 2.40 bits per heavy atom. The van der Waals surface area contributed by atoms with Crippen molar-refractivity contribution in [2.45, 2.75) is 6.54 Å². The van der Waals surface area contributed by atoms with Crippen molar-refractivity contribution < 1.29 is 0 Å². The van der Waals surface area contributed by atoms with Crippen LogP contribution in [0.2, 0.25) is 0 Å². The predicted octanol–water partition coefficient (Wildman–Crippen LogP) is -0.233. The second kappa shape index (κ2) is 5.61. The van der Waals surface area contributed by atoms with Gasteiger partial charge in [-0.15, -0.1) is 20.4 Å². The van der Waals surface area contributed by atoms with Gasteiger partial charge in [-0.1, -0.05) is 24.8 Å². The van der Waals surface area contributed by atoms with E-state index in [2.05, 4.69) is 27.0 Å². The summed E-state index contributed by atoms with van der Waals surface area (Å²) in [6.45, 7) is 3.73. The summed E-state index contributed by atoms with van der Waals surface area (Å²) in [5.74, 6) is 0.661. The van der Waals surface area contributed by atoms with E-state index in [0.717, 1.165) is 0 Å². The molecular formula is C9H12N6. The average Bonchev–Trinajstić information content (AvgIpc) is 2.29. The van der Waals surface area contributed by atoms with Crippen LogP contribution in [-0.2, 0) is 6.54 Å². The number of rotatable bonds is 4. The van der Waals surface area contributed by atoms with Crippen LogP contribution in [0.4, 0.5) is 0 Å². The van der Waals surface area contributed by atoms with Gasteiger partial charge >= 0.3 is 0 Å². The Morgan fingerprint density at radius 1 is 1.20 bits per heavy atom. The maximum atomic E-state index is 5.67. The van der Waals surface area contributed by atoms with Gasteiger partial charge < -0.3 is 11.5 Å². The van der Waals surface area contributed by atoms with Gasteiger partial charge in [0.05, 0.1) is 12.2 Å². The molecule has 1 rings (SSSR count). The third-order valence-corrected chi connectivity index (χ3v) is 1.48. The molecule has 15 heavy (non-hydrogen) atoms. The van der Waals surface area contributed by atoms with Crippen molar-refractivity contribution in [2.75, 3.05) is 0 Å². The van der Waals surface area contributed by atoms with Crippen LogP contribution in [0.5, 0.6) is 0 Å². The lowest BCUT2D eigenvalue weighted by Crippen LogP contribution is -2.11. The Bertz CT molecular complexity index is 378. The fourth-order valence-corrected chi connectivity index (χ4v) is 0.760. The summed E-state index contributed by atoms with van der Waals surface area (Å²) in [5.41, 5.74) is 11.4. The molecular weight excluding hydrogens is 192 g/mol. The number of nitrogens with two attached hydrogens (primary N) is 2. The summed E-state index contributed by atoms with van der Waals surface area (Å²) in [5, 5.41) is 15.0. The molecule has 0 saturated heterocycles. The first-order valence-corrected chi connectivity index (χ1v) is 4.29. The van der Waals surface area contributed by atoms with Crippen LogP contribution in [-0.4, -0.2) is 20.4 Å². The number of nitrogens with zero attached hydrogens (tertiary/aromatic N) is 4. The topological polar surface area (TPSA) is 104 Å². The summed E-state index contributed by atoms with van der Waals surface area (Å²) < 4.78 is 0. The molecule has 6 nitrogen and oxygen atoms in total. The molecule has 0 fully saturated rings. The van der Waals surface area contributed by atoms with E-state index >= 15 is 0 Å². The zero-order valence-electron chi connectivity index (χ0n) is 8.17. The van der Waals surface area contributed by atoms with Gasteiger partial charge in [-0.05, 0) is 6.08 Å². The fraction of sp³-hybridized carbons (Fsp3) is 0.111. The van der Waals surface area contributed by atoms with Crippen molar-refractivity contribution in [1.82, 2.24) is 20.4 Å². The van der Waals surface area contributed by atoms with Crippen LogP contribution >= 0.6 is 0 Å². The summed E-state index contributed by atoms with van der Waals surface area (Å²) in [4.78, 5) is 0. The summed E-state index contributed by atoms with van der Waals surface area (Å²) in [7, 11) is 0. The van der Waals surface area contributed by atoms with Crippen LogP contribution in [0.25, 0.3) is 5.70 Å². The van der Waals surface area contributed by atoms with Crippen LogP contribution in [0.1, 0.15) is 11.6 Å². The van der Waals surface area contributed by atoms with Crippen LogP contribution in [0, 0.1) is 0 Å². The number of hydrogen-bond acceptors (Lipinski definition) is 6. The van der Waals surface area contributed by atoms with Crippen molar-refractivity contribution in [3.05, 3.63) is 42.5 Å². The molecule has 4 N–H and O–H groups in total. The summed E-state index contributed by atoms with van der Waals surface area (Å²) >= 11 is 0. The Morgan fingerprint density at radius 2 is 1.87 bits per heavy atom. The Hall–Kier alpha value is -2.08. The van der Waals surface area contributed by atoms with E-state index in [1.165, 1.54) is 0 Å². The van der Waals surface area contributed by atoms with E-state index < -0.39 is 0 Å². The van der Waals surface area contributed by atoms with Crippen LogP contribution in [0.15, 0.2) is 30.9 Å². The maximum Gasteiger partial charge on any atom is 0.219 e. The molecule has 0 radical (unpaired) electrons. The molecule has 0 unspecified atom stereocenters. The molecule has 0 spiro atoms. The molecule has 0 saturated carbocycles. The Labute approximate surface area is 87.4 Å². The van der Waals surface area contributed by atoms with E-state index in [0.29, 0.717) is 11.5 Å². The van der Waals surface area contributed by atoms with Crippen molar-refractivity contribution in [3.8, 4) is 0 Å². The molecule has 0 aliphatic rings. The Kier molecular flexibility index (Phi) is 4.11. The highest BCUT2D eigenvalue weighted by Crippen LogP contribution is 1.98. The smallest absolute Gasteiger partial charge is 0.219 e. The molecule has 1 aromatic heterocycles. The molecule has 0 amide bonds. The molecule has 1 heterocycles. The van der Waals surface area contributed by atoms with Crippen molar-refractivity contribution in [2.24, 2.45) is 11.5 Å². The van der Waals surface area contributed by atoms with E-state index in [-0.39, 0.29) is 12.4 Å². The molecule has 0 aromatic carbocycles.